The first-order valence-electron chi connectivity index (χ1n) is 9.80. The third-order valence-electron chi connectivity index (χ3n) is 5.90. The highest BCUT2D eigenvalue weighted by atomic mass is 35.5. The third kappa shape index (κ3) is 5.48. The second-order valence-corrected chi connectivity index (χ2v) is 9.29. The molecule has 28 heavy (non-hydrogen) atoms. The van der Waals surface area contributed by atoms with E-state index in [0.717, 1.165) is 43.4 Å². The highest BCUT2D eigenvalue weighted by molar-refractivity contribution is 6.35. The largest absolute Gasteiger partial charge is 0.389 e. The maximum atomic E-state index is 13.2. The van der Waals surface area contributed by atoms with Gasteiger partial charge in [0.15, 0.2) is 0 Å². The lowest BCUT2D eigenvalue weighted by molar-refractivity contribution is -0.0685. The number of hydrogen-bond donors (Lipinski definition) is 1. The third-order valence-corrected chi connectivity index (χ3v) is 6.49. The quantitative estimate of drug-likeness (QED) is 0.650. The Kier molecular flexibility index (Phi) is 7.03. The Balaban J connectivity index is 1.75. The van der Waals surface area contributed by atoms with Crippen LogP contribution in [0.2, 0.25) is 10.0 Å². The Labute approximate surface area is 177 Å². The van der Waals surface area contributed by atoms with Crippen molar-refractivity contribution < 1.29 is 9.50 Å². The van der Waals surface area contributed by atoms with E-state index in [4.69, 9.17) is 23.2 Å². The minimum atomic E-state index is -0.791. The number of hydrogen-bond acceptors (Lipinski definition) is 2. The van der Waals surface area contributed by atoms with E-state index in [0.29, 0.717) is 22.4 Å². The van der Waals surface area contributed by atoms with Gasteiger partial charge in [-0.05, 0) is 81.1 Å². The maximum absolute atomic E-state index is 13.2. The molecule has 0 radical (unpaired) electrons. The van der Waals surface area contributed by atoms with Crippen molar-refractivity contribution in [3.8, 4) is 0 Å². The smallest absolute Gasteiger partial charge is 0.123 e. The first-order valence-corrected chi connectivity index (χ1v) is 10.6. The van der Waals surface area contributed by atoms with Crippen LogP contribution in [0.1, 0.15) is 30.4 Å². The summed E-state index contributed by atoms with van der Waals surface area (Å²) >= 11 is 12.4. The number of nitrogens with zero attached hydrogens (tertiary/aromatic N) is 1. The Bertz CT molecular complexity index is 796. The van der Waals surface area contributed by atoms with Gasteiger partial charge in [-0.1, -0.05) is 41.4 Å². The average molecular weight is 424 g/mol. The van der Waals surface area contributed by atoms with E-state index in [1.54, 1.807) is 6.07 Å². The van der Waals surface area contributed by atoms with Crippen molar-refractivity contribution in [1.82, 2.24) is 4.90 Å². The number of aliphatic hydroxyl groups is 1. The predicted molar refractivity (Wildman–Crippen MR) is 115 cm³/mol. The monoisotopic (exact) mass is 423 g/mol. The molecular weight excluding hydrogens is 396 g/mol. The lowest BCUT2D eigenvalue weighted by Gasteiger charge is -2.44. The number of halogens is 3. The van der Waals surface area contributed by atoms with E-state index in [1.165, 1.54) is 12.1 Å². The number of benzene rings is 2. The van der Waals surface area contributed by atoms with Crippen LogP contribution in [0.5, 0.6) is 0 Å². The van der Waals surface area contributed by atoms with Crippen LogP contribution in [0.4, 0.5) is 4.39 Å². The van der Waals surface area contributed by atoms with Gasteiger partial charge >= 0.3 is 0 Å². The first kappa shape index (κ1) is 21.6. The van der Waals surface area contributed by atoms with Gasteiger partial charge in [0, 0.05) is 28.9 Å². The molecule has 2 aromatic carbocycles. The summed E-state index contributed by atoms with van der Waals surface area (Å²) in [6, 6.07) is 12.3. The predicted octanol–water partition coefficient (Wildman–Crippen LogP) is 5.63. The normalized spacial score (nSPS) is 25.2. The Morgan fingerprint density at radius 2 is 1.86 bits per heavy atom. The molecule has 152 valence electrons. The van der Waals surface area contributed by atoms with Crippen molar-refractivity contribution in [3.05, 3.63) is 69.5 Å². The maximum Gasteiger partial charge on any atom is 0.123 e. The van der Waals surface area contributed by atoms with Crippen molar-refractivity contribution in [2.45, 2.75) is 37.7 Å². The zero-order valence-electron chi connectivity index (χ0n) is 16.5. The van der Waals surface area contributed by atoms with E-state index in [-0.39, 0.29) is 11.7 Å². The van der Waals surface area contributed by atoms with Gasteiger partial charge in [0.1, 0.15) is 5.82 Å². The first-order chi connectivity index (χ1) is 13.2. The second-order valence-electron chi connectivity index (χ2n) is 8.45. The van der Waals surface area contributed by atoms with Gasteiger partial charge in [0.05, 0.1) is 5.60 Å². The van der Waals surface area contributed by atoms with Gasteiger partial charge in [0.2, 0.25) is 0 Å². The molecule has 0 aromatic heterocycles. The van der Waals surface area contributed by atoms with Crippen molar-refractivity contribution >= 4 is 23.2 Å². The molecule has 1 aliphatic carbocycles. The molecule has 0 heterocycles. The molecule has 3 atom stereocenters. The molecule has 2 aromatic rings. The second kappa shape index (κ2) is 9.13. The summed E-state index contributed by atoms with van der Waals surface area (Å²) in [7, 11) is 4.08. The highest BCUT2D eigenvalue weighted by Crippen LogP contribution is 2.42. The van der Waals surface area contributed by atoms with Crippen molar-refractivity contribution in [2.75, 3.05) is 20.6 Å². The fourth-order valence-corrected chi connectivity index (χ4v) is 4.93. The van der Waals surface area contributed by atoms with Gasteiger partial charge < -0.3 is 10.0 Å². The molecule has 3 unspecified atom stereocenters. The summed E-state index contributed by atoms with van der Waals surface area (Å²) in [5.74, 6) is 0.428. The number of rotatable bonds is 6. The van der Waals surface area contributed by atoms with Crippen LogP contribution in [-0.4, -0.2) is 36.2 Å². The van der Waals surface area contributed by atoms with Crippen molar-refractivity contribution in [2.24, 2.45) is 11.8 Å². The Morgan fingerprint density at radius 3 is 2.50 bits per heavy atom. The van der Waals surface area contributed by atoms with Gasteiger partial charge in [-0.2, -0.15) is 0 Å². The SMILES string of the molecule is CN(C)CC1CC(Cc2ccc(F)cc2)CCC1(O)Cc1ccc(Cl)cc1Cl. The molecular formula is C23H28Cl2FNO. The lowest BCUT2D eigenvalue weighted by atomic mass is 9.67. The van der Waals surface area contributed by atoms with E-state index in [9.17, 15) is 9.50 Å². The van der Waals surface area contributed by atoms with Crippen molar-refractivity contribution in [1.29, 1.82) is 0 Å². The van der Waals surface area contributed by atoms with Gasteiger partial charge in [0.25, 0.3) is 0 Å². The van der Waals surface area contributed by atoms with Crippen LogP contribution in [0.3, 0.4) is 0 Å². The molecule has 0 bridgehead atoms. The minimum Gasteiger partial charge on any atom is -0.389 e. The lowest BCUT2D eigenvalue weighted by Crippen LogP contribution is -2.49. The molecule has 3 rings (SSSR count). The summed E-state index contributed by atoms with van der Waals surface area (Å²) < 4.78 is 13.2. The zero-order valence-corrected chi connectivity index (χ0v) is 18.0. The molecule has 1 N–H and O–H groups in total. The summed E-state index contributed by atoms with van der Waals surface area (Å²) in [6.07, 6.45) is 4.07. The summed E-state index contributed by atoms with van der Waals surface area (Å²) in [6.45, 7) is 0.821. The highest BCUT2D eigenvalue weighted by Gasteiger charge is 2.42. The van der Waals surface area contributed by atoms with Crippen molar-refractivity contribution in [3.63, 3.8) is 0 Å². The van der Waals surface area contributed by atoms with Crippen LogP contribution in [0.15, 0.2) is 42.5 Å². The molecule has 1 saturated carbocycles. The van der Waals surface area contributed by atoms with Crippen LogP contribution in [0.25, 0.3) is 0 Å². The molecule has 0 amide bonds. The summed E-state index contributed by atoms with van der Waals surface area (Å²) in [4.78, 5) is 2.14. The van der Waals surface area contributed by atoms with E-state index >= 15 is 0 Å². The average Bonchev–Trinajstić information content (AvgIpc) is 2.62. The van der Waals surface area contributed by atoms with Gasteiger partial charge in [-0.25, -0.2) is 4.39 Å². The summed E-state index contributed by atoms with van der Waals surface area (Å²) in [5, 5.41) is 12.8. The topological polar surface area (TPSA) is 23.5 Å². The molecule has 1 aliphatic rings. The van der Waals surface area contributed by atoms with E-state index < -0.39 is 5.60 Å². The molecule has 0 spiro atoms. The standard InChI is InChI=1S/C23H28Cl2FNO/c1-27(2)15-19-12-17(11-16-3-7-21(26)8-4-16)9-10-23(19,28)14-18-5-6-20(24)13-22(18)25/h3-8,13,17,19,28H,9-12,14-15H2,1-2H3. The van der Waals surface area contributed by atoms with Crippen LogP contribution in [-0.2, 0) is 12.8 Å². The summed E-state index contributed by atoms with van der Waals surface area (Å²) in [5.41, 5.74) is 1.30. The molecule has 2 nitrogen and oxygen atoms in total. The van der Waals surface area contributed by atoms with E-state index in [1.807, 2.05) is 38.4 Å². The fourth-order valence-electron chi connectivity index (χ4n) is 4.45. The molecule has 1 fully saturated rings. The van der Waals surface area contributed by atoms with Gasteiger partial charge in [-0.15, -0.1) is 0 Å². The fraction of sp³-hybridized carbons (Fsp3) is 0.478. The molecule has 0 aliphatic heterocycles. The Morgan fingerprint density at radius 1 is 1.14 bits per heavy atom. The van der Waals surface area contributed by atoms with Gasteiger partial charge in [-0.3, -0.25) is 0 Å². The minimum absolute atomic E-state index is 0.147. The Hall–Kier alpha value is -1.13. The van der Waals surface area contributed by atoms with Crippen LogP contribution < -0.4 is 0 Å². The van der Waals surface area contributed by atoms with E-state index in [2.05, 4.69) is 4.90 Å². The zero-order chi connectivity index (χ0) is 20.3. The molecule has 5 heteroatoms. The van der Waals surface area contributed by atoms with Crippen LogP contribution >= 0.6 is 23.2 Å². The van der Waals surface area contributed by atoms with Crippen LogP contribution in [0, 0.1) is 17.7 Å². The molecule has 0 saturated heterocycles.